The van der Waals surface area contributed by atoms with E-state index in [0.29, 0.717) is 4.99 Å². The average molecular weight is 268 g/mol. The zero-order valence-corrected chi connectivity index (χ0v) is 11.9. The Morgan fingerprint density at radius 2 is 2.18 bits per heavy atom. The molecule has 0 spiro atoms. The molecule has 0 aliphatic heterocycles. The van der Waals surface area contributed by atoms with Crippen molar-refractivity contribution in [1.82, 2.24) is 4.90 Å². The van der Waals surface area contributed by atoms with Crippen molar-refractivity contribution in [1.29, 1.82) is 0 Å². The Kier molecular flexibility index (Phi) is 4.54. The molecule has 0 amide bonds. The van der Waals surface area contributed by atoms with Crippen molar-refractivity contribution < 1.29 is 0 Å². The summed E-state index contributed by atoms with van der Waals surface area (Å²) in [6, 6.07) is 5.29. The van der Waals surface area contributed by atoms with Crippen LogP contribution in [0.15, 0.2) is 12.1 Å². The molecule has 94 valence electrons. The summed E-state index contributed by atoms with van der Waals surface area (Å²) in [5, 5.41) is 0. The second-order valence-corrected chi connectivity index (χ2v) is 6.42. The Morgan fingerprint density at radius 1 is 1.47 bits per heavy atom. The van der Waals surface area contributed by atoms with Crippen molar-refractivity contribution >= 4 is 28.5 Å². The molecule has 2 rings (SSSR count). The lowest BCUT2D eigenvalue weighted by Gasteiger charge is -2.20. The van der Waals surface area contributed by atoms with Gasteiger partial charge in [-0.2, -0.15) is 0 Å². The maximum Gasteiger partial charge on any atom is 0.0740 e. The topological polar surface area (TPSA) is 29.3 Å². The largest absolute Gasteiger partial charge is 0.393 e. The van der Waals surface area contributed by atoms with Crippen LogP contribution in [0.4, 0.5) is 0 Å². The molecule has 17 heavy (non-hydrogen) atoms. The van der Waals surface area contributed by atoms with Gasteiger partial charge in [-0.05, 0) is 31.4 Å². The minimum atomic E-state index is 0.635. The van der Waals surface area contributed by atoms with E-state index in [-0.39, 0.29) is 0 Å². The number of thiophene rings is 1. The lowest BCUT2D eigenvalue weighted by Crippen LogP contribution is -2.28. The predicted octanol–water partition coefficient (Wildman–Crippen LogP) is 2.95. The van der Waals surface area contributed by atoms with Gasteiger partial charge in [-0.15, -0.1) is 11.3 Å². The van der Waals surface area contributed by atoms with Gasteiger partial charge in [-0.25, -0.2) is 0 Å². The SMILES string of the molecule is CCc1ccc(CN(CCC(N)=S)C2CC2)s1. The molecular formula is C13H20N2S2. The highest BCUT2D eigenvalue weighted by Gasteiger charge is 2.28. The van der Waals surface area contributed by atoms with Crippen LogP contribution in [-0.2, 0) is 13.0 Å². The van der Waals surface area contributed by atoms with Crippen LogP contribution in [0, 0.1) is 0 Å². The molecule has 1 aliphatic carbocycles. The van der Waals surface area contributed by atoms with E-state index in [2.05, 4.69) is 24.0 Å². The second kappa shape index (κ2) is 5.94. The molecule has 0 atom stereocenters. The lowest BCUT2D eigenvalue weighted by molar-refractivity contribution is 0.265. The average Bonchev–Trinajstić information content (AvgIpc) is 3.04. The van der Waals surface area contributed by atoms with Crippen LogP contribution >= 0.6 is 23.6 Å². The van der Waals surface area contributed by atoms with E-state index in [0.717, 1.165) is 32.0 Å². The summed E-state index contributed by atoms with van der Waals surface area (Å²) in [6.45, 7) is 4.29. The van der Waals surface area contributed by atoms with Crippen LogP contribution < -0.4 is 5.73 Å². The van der Waals surface area contributed by atoms with Gasteiger partial charge in [0, 0.05) is 35.3 Å². The van der Waals surface area contributed by atoms with E-state index in [9.17, 15) is 0 Å². The van der Waals surface area contributed by atoms with Crippen LogP contribution in [-0.4, -0.2) is 22.5 Å². The van der Waals surface area contributed by atoms with Crippen molar-refractivity contribution in [2.75, 3.05) is 6.54 Å². The minimum Gasteiger partial charge on any atom is -0.393 e. The van der Waals surface area contributed by atoms with Gasteiger partial charge in [0.1, 0.15) is 0 Å². The number of nitrogens with zero attached hydrogens (tertiary/aromatic N) is 1. The first-order chi connectivity index (χ1) is 8.19. The summed E-state index contributed by atoms with van der Waals surface area (Å²) < 4.78 is 0. The number of thiocarbonyl (C=S) groups is 1. The fourth-order valence-corrected chi connectivity index (χ4v) is 3.06. The molecule has 0 aromatic carbocycles. The Labute approximate surface area is 113 Å². The highest BCUT2D eigenvalue weighted by atomic mass is 32.1. The first-order valence-corrected chi connectivity index (χ1v) is 7.51. The first-order valence-electron chi connectivity index (χ1n) is 6.29. The van der Waals surface area contributed by atoms with Crippen molar-refractivity contribution in [2.24, 2.45) is 5.73 Å². The molecule has 1 heterocycles. The number of rotatable bonds is 7. The standard InChI is InChI=1S/C13H20N2S2/c1-2-11-5-6-12(17-11)9-15(10-3-4-10)8-7-13(14)16/h5-6,10H,2-4,7-9H2,1H3,(H2,14,16). The van der Waals surface area contributed by atoms with Gasteiger partial charge in [-0.1, -0.05) is 19.1 Å². The Morgan fingerprint density at radius 3 is 2.71 bits per heavy atom. The summed E-state index contributed by atoms with van der Waals surface area (Å²) in [4.78, 5) is 6.11. The summed E-state index contributed by atoms with van der Waals surface area (Å²) in [5.41, 5.74) is 5.59. The molecule has 0 radical (unpaired) electrons. The summed E-state index contributed by atoms with van der Waals surface area (Å²) >= 11 is 6.90. The third-order valence-corrected chi connectivity index (χ3v) is 4.55. The van der Waals surface area contributed by atoms with Gasteiger partial charge in [0.2, 0.25) is 0 Å². The van der Waals surface area contributed by atoms with Gasteiger partial charge in [0.05, 0.1) is 4.99 Å². The smallest absolute Gasteiger partial charge is 0.0740 e. The van der Waals surface area contributed by atoms with Crippen LogP contribution in [0.3, 0.4) is 0 Å². The fraction of sp³-hybridized carbons (Fsp3) is 0.615. The van der Waals surface area contributed by atoms with Gasteiger partial charge in [0.25, 0.3) is 0 Å². The van der Waals surface area contributed by atoms with E-state index >= 15 is 0 Å². The molecule has 1 fully saturated rings. The molecular weight excluding hydrogens is 248 g/mol. The molecule has 0 unspecified atom stereocenters. The minimum absolute atomic E-state index is 0.635. The van der Waals surface area contributed by atoms with Crippen LogP contribution in [0.5, 0.6) is 0 Å². The van der Waals surface area contributed by atoms with E-state index in [1.54, 1.807) is 0 Å². The van der Waals surface area contributed by atoms with E-state index in [1.165, 1.54) is 22.6 Å². The number of hydrogen-bond donors (Lipinski definition) is 1. The van der Waals surface area contributed by atoms with Crippen molar-refractivity contribution in [3.05, 3.63) is 21.9 Å². The molecule has 0 bridgehead atoms. The quantitative estimate of drug-likeness (QED) is 0.771. The van der Waals surface area contributed by atoms with Gasteiger partial charge in [-0.3, -0.25) is 4.90 Å². The highest BCUT2D eigenvalue weighted by Crippen LogP contribution is 2.30. The van der Waals surface area contributed by atoms with Crippen molar-refractivity contribution in [2.45, 2.75) is 45.2 Å². The molecule has 1 aliphatic rings. The Balaban J connectivity index is 1.90. The maximum atomic E-state index is 5.59. The van der Waals surface area contributed by atoms with Gasteiger partial charge in [0.15, 0.2) is 0 Å². The summed E-state index contributed by atoms with van der Waals surface area (Å²) in [6.07, 6.45) is 4.66. The molecule has 1 aromatic heterocycles. The summed E-state index contributed by atoms with van der Waals surface area (Å²) in [7, 11) is 0. The van der Waals surface area contributed by atoms with Crippen LogP contribution in [0.25, 0.3) is 0 Å². The second-order valence-electron chi connectivity index (χ2n) is 4.64. The third kappa shape index (κ3) is 4.05. The monoisotopic (exact) mass is 268 g/mol. The van der Waals surface area contributed by atoms with Crippen LogP contribution in [0.2, 0.25) is 0 Å². The third-order valence-electron chi connectivity index (χ3n) is 3.13. The van der Waals surface area contributed by atoms with E-state index in [4.69, 9.17) is 18.0 Å². The summed E-state index contributed by atoms with van der Waals surface area (Å²) in [5.74, 6) is 0. The molecule has 1 aromatic rings. The van der Waals surface area contributed by atoms with Gasteiger partial charge < -0.3 is 5.73 Å². The fourth-order valence-electron chi connectivity index (χ4n) is 1.98. The zero-order valence-electron chi connectivity index (χ0n) is 10.3. The Bertz CT molecular complexity index is 383. The predicted molar refractivity (Wildman–Crippen MR) is 78.5 cm³/mol. The Hall–Kier alpha value is -0.450. The zero-order chi connectivity index (χ0) is 12.3. The van der Waals surface area contributed by atoms with E-state index in [1.807, 2.05) is 11.3 Å². The van der Waals surface area contributed by atoms with Gasteiger partial charge >= 0.3 is 0 Å². The molecule has 2 nitrogen and oxygen atoms in total. The highest BCUT2D eigenvalue weighted by molar-refractivity contribution is 7.80. The lowest BCUT2D eigenvalue weighted by atomic mass is 10.3. The number of hydrogen-bond acceptors (Lipinski definition) is 3. The normalized spacial score (nSPS) is 15.4. The van der Waals surface area contributed by atoms with E-state index < -0.39 is 0 Å². The first kappa shape index (κ1) is 13.0. The molecule has 0 saturated heterocycles. The van der Waals surface area contributed by atoms with Crippen molar-refractivity contribution in [3.63, 3.8) is 0 Å². The molecule has 1 saturated carbocycles. The molecule has 2 N–H and O–H groups in total. The van der Waals surface area contributed by atoms with Crippen LogP contribution in [0.1, 0.15) is 35.9 Å². The van der Waals surface area contributed by atoms with Crippen molar-refractivity contribution in [3.8, 4) is 0 Å². The maximum absolute atomic E-state index is 5.59. The number of aryl methyl sites for hydroxylation is 1. The number of nitrogens with two attached hydrogens (primary N) is 1. The molecule has 4 heteroatoms.